The summed E-state index contributed by atoms with van der Waals surface area (Å²) in [5, 5.41) is 5.42. The van der Waals surface area contributed by atoms with Crippen LogP contribution in [0, 0.1) is 12.8 Å². The van der Waals surface area contributed by atoms with Crippen LogP contribution in [0.25, 0.3) is 5.69 Å². The smallest absolute Gasteiger partial charge is 0.257 e. The van der Waals surface area contributed by atoms with Gasteiger partial charge in [0.2, 0.25) is 0 Å². The number of hydrogen-bond acceptors (Lipinski definition) is 3. The van der Waals surface area contributed by atoms with Gasteiger partial charge in [0.15, 0.2) is 0 Å². The summed E-state index contributed by atoms with van der Waals surface area (Å²) in [5.74, 6) is 0.507. The van der Waals surface area contributed by atoms with Gasteiger partial charge in [0.05, 0.1) is 27.7 Å². The summed E-state index contributed by atoms with van der Waals surface area (Å²) in [4.78, 5) is 17.5. The lowest BCUT2D eigenvalue weighted by Gasteiger charge is -2.32. The summed E-state index contributed by atoms with van der Waals surface area (Å²) in [6.45, 7) is 9.58. The molecule has 0 spiro atoms. The SMILES string of the molecule is Cc1c(C(=O)N2CCN(C)CC2)c(CC(C)C)nn1-c1ccccc1Cl. The highest BCUT2D eigenvalue weighted by Crippen LogP contribution is 2.26. The lowest BCUT2D eigenvalue weighted by atomic mass is 10.0. The van der Waals surface area contributed by atoms with Gasteiger partial charge in [0.1, 0.15) is 0 Å². The standard InChI is InChI=1S/C20H27ClN4O/c1-14(2)13-17-19(20(26)24-11-9-23(4)10-12-24)15(3)25(22-17)18-8-6-5-7-16(18)21/h5-8,14H,9-13H2,1-4H3. The van der Waals surface area contributed by atoms with E-state index in [1.807, 2.05) is 40.8 Å². The molecule has 0 radical (unpaired) electrons. The number of piperazine rings is 1. The lowest BCUT2D eigenvalue weighted by Crippen LogP contribution is -2.47. The minimum atomic E-state index is 0.0875. The highest BCUT2D eigenvalue weighted by atomic mass is 35.5. The second kappa shape index (κ2) is 7.80. The van der Waals surface area contributed by atoms with E-state index in [-0.39, 0.29) is 5.91 Å². The molecule has 1 amide bonds. The van der Waals surface area contributed by atoms with Crippen molar-refractivity contribution in [3.05, 3.63) is 46.2 Å². The predicted molar refractivity (Wildman–Crippen MR) is 105 cm³/mol. The molecule has 3 rings (SSSR count). The number of rotatable bonds is 4. The molecule has 0 atom stereocenters. The van der Waals surface area contributed by atoms with Crippen LogP contribution in [0.5, 0.6) is 0 Å². The van der Waals surface area contributed by atoms with Crippen LogP contribution in [0.4, 0.5) is 0 Å². The van der Waals surface area contributed by atoms with Crippen molar-refractivity contribution in [2.24, 2.45) is 5.92 Å². The van der Waals surface area contributed by atoms with E-state index in [2.05, 4.69) is 25.8 Å². The molecular weight excluding hydrogens is 348 g/mol. The Labute approximate surface area is 160 Å². The third-order valence-electron chi connectivity index (χ3n) is 4.88. The summed E-state index contributed by atoms with van der Waals surface area (Å²) in [6.07, 6.45) is 0.771. The molecule has 0 unspecified atom stereocenters. The summed E-state index contributed by atoms with van der Waals surface area (Å²) in [7, 11) is 2.09. The maximum Gasteiger partial charge on any atom is 0.257 e. The Morgan fingerprint density at radius 3 is 2.46 bits per heavy atom. The van der Waals surface area contributed by atoms with Crippen LogP contribution in [-0.2, 0) is 6.42 Å². The number of carbonyl (C=O) groups excluding carboxylic acids is 1. The topological polar surface area (TPSA) is 41.4 Å². The molecule has 0 bridgehead atoms. The van der Waals surface area contributed by atoms with E-state index >= 15 is 0 Å². The Balaban J connectivity index is 2.03. The fourth-order valence-electron chi connectivity index (χ4n) is 3.39. The Kier molecular flexibility index (Phi) is 5.68. The van der Waals surface area contributed by atoms with Gasteiger partial charge in [-0.25, -0.2) is 4.68 Å². The van der Waals surface area contributed by atoms with Crippen molar-refractivity contribution >= 4 is 17.5 Å². The van der Waals surface area contributed by atoms with Crippen LogP contribution < -0.4 is 0 Å². The van der Waals surface area contributed by atoms with E-state index in [1.54, 1.807) is 0 Å². The van der Waals surface area contributed by atoms with Crippen LogP contribution in [-0.4, -0.2) is 58.7 Å². The second-order valence-electron chi connectivity index (χ2n) is 7.46. The summed E-state index contributed by atoms with van der Waals surface area (Å²) in [6, 6.07) is 7.62. The first-order chi connectivity index (χ1) is 12.4. The number of para-hydroxylation sites is 1. The van der Waals surface area contributed by atoms with Crippen molar-refractivity contribution < 1.29 is 4.79 Å². The second-order valence-corrected chi connectivity index (χ2v) is 7.87. The average Bonchev–Trinajstić information content (AvgIpc) is 2.90. The molecule has 2 aromatic rings. The Hall–Kier alpha value is -1.85. The van der Waals surface area contributed by atoms with E-state index in [9.17, 15) is 4.79 Å². The third kappa shape index (κ3) is 3.79. The van der Waals surface area contributed by atoms with Gasteiger partial charge < -0.3 is 9.80 Å². The molecule has 0 aliphatic carbocycles. The van der Waals surface area contributed by atoms with Gasteiger partial charge in [-0.05, 0) is 38.4 Å². The van der Waals surface area contributed by atoms with Crippen LogP contribution in [0.2, 0.25) is 5.02 Å². The monoisotopic (exact) mass is 374 g/mol. The molecular formula is C20H27ClN4O. The van der Waals surface area contributed by atoms with E-state index < -0.39 is 0 Å². The molecule has 1 saturated heterocycles. The first kappa shape index (κ1) is 18.9. The first-order valence-electron chi connectivity index (χ1n) is 9.19. The van der Waals surface area contributed by atoms with Crippen molar-refractivity contribution in [2.45, 2.75) is 27.2 Å². The normalized spacial score (nSPS) is 15.7. The molecule has 0 N–H and O–H groups in total. The Bertz CT molecular complexity index is 791. The minimum Gasteiger partial charge on any atom is -0.336 e. The zero-order chi connectivity index (χ0) is 18.8. The highest BCUT2D eigenvalue weighted by molar-refractivity contribution is 6.32. The quantitative estimate of drug-likeness (QED) is 0.823. The largest absolute Gasteiger partial charge is 0.336 e. The van der Waals surface area contributed by atoms with Gasteiger partial charge in [0.25, 0.3) is 5.91 Å². The van der Waals surface area contributed by atoms with E-state index in [0.29, 0.717) is 10.9 Å². The number of nitrogens with zero attached hydrogens (tertiary/aromatic N) is 4. The molecule has 6 heteroatoms. The first-order valence-corrected chi connectivity index (χ1v) is 9.57. The molecule has 1 aliphatic heterocycles. The molecule has 5 nitrogen and oxygen atoms in total. The number of hydrogen-bond donors (Lipinski definition) is 0. The van der Waals surface area contributed by atoms with E-state index in [4.69, 9.17) is 16.7 Å². The maximum absolute atomic E-state index is 13.3. The molecule has 0 saturated carbocycles. The van der Waals surface area contributed by atoms with E-state index in [1.165, 1.54) is 0 Å². The summed E-state index contributed by atoms with van der Waals surface area (Å²) < 4.78 is 1.82. The van der Waals surface area contributed by atoms with Crippen LogP contribution in [0.3, 0.4) is 0 Å². The number of benzene rings is 1. The van der Waals surface area contributed by atoms with Gasteiger partial charge in [-0.3, -0.25) is 4.79 Å². The van der Waals surface area contributed by atoms with E-state index in [0.717, 1.165) is 55.2 Å². The fraction of sp³-hybridized carbons (Fsp3) is 0.500. The molecule has 1 aliphatic rings. The zero-order valence-electron chi connectivity index (χ0n) is 16.0. The lowest BCUT2D eigenvalue weighted by molar-refractivity contribution is 0.0662. The van der Waals surface area contributed by atoms with Gasteiger partial charge in [-0.2, -0.15) is 5.10 Å². The summed E-state index contributed by atoms with van der Waals surface area (Å²) in [5.41, 5.74) is 3.27. The molecule has 26 heavy (non-hydrogen) atoms. The molecule has 140 valence electrons. The van der Waals surface area contributed by atoms with Gasteiger partial charge >= 0.3 is 0 Å². The van der Waals surface area contributed by atoms with Crippen molar-refractivity contribution in [1.29, 1.82) is 0 Å². The molecule has 2 heterocycles. The highest BCUT2D eigenvalue weighted by Gasteiger charge is 2.28. The minimum absolute atomic E-state index is 0.0875. The van der Waals surface area contributed by atoms with Gasteiger partial charge in [-0.1, -0.05) is 37.6 Å². The number of aromatic nitrogens is 2. The average molecular weight is 375 g/mol. The van der Waals surface area contributed by atoms with Crippen molar-refractivity contribution in [3.8, 4) is 5.69 Å². The number of carbonyl (C=O) groups is 1. The maximum atomic E-state index is 13.3. The fourth-order valence-corrected chi connectivity index (χ4v) is 3.61. The third-order valence-corrected chi connectivity index (χ3v) is 5.20. The van der Waals surface area contributed by atoms with Crippen LogP contribution >= 0.6 is 11.6 Å². The van der Waals surface area contributed by atoms with Crippen molar-refractivity contribution in [3.63, 3.8) is 0 Å². The predicted octanol–water partition coefficient (Wildman–Crippen LogP) is 3.42. The van der Waals surface area contributed by atoms with Gasteiger partial charge in [0, 0.05) is 26.2 Å². The van der Waals surface area contributed by atoms with Crippen molar-refractivity contribution in [2.75, 3.05) is 33.2 Å². The Morgan fingerprint density at radius 2 is 1.85 bits per heavy atom. The summed E-state index contributed by atoms with van der Waals surface area (Å²) >= 11 is 6.38. The molecule has 1 aromatic heterocycles. The van der Waals surface area contributed by atoms with Crippen LogP contribution in [0.15, 0.2) is 24.3 Å². The van der Waals surface area contributed by atoms with Crippen molar-refractivity contribution in [1.82, 2.24) is 19.6 Å². The zero-order valence-corrected chi connectivity index (χ0v) is 16.8. The Morgan fingerprint density at radius 1 is 1.19 bits per heavy atom. The molecule has 1 aromatic carbocycles. The van der Waals surface area contributed by atoms with Crippen LogP contribution in [0.1, 0.15) is 35.6 Å². The number of halogens is 1. The number of amides is 1. The molecule has 1 fully saturated rings. The van der Waals surface area contributed by atoms with Gasteiger partial charge in [-0.15, -0.1) is 0 Å². The number of likely N-dealkylation sites (N-methyl/N-ethyl adjacent to an activating group) is 1.